The van der Waals surface area contributed by atoms with E-state index in [1.165, 1.54) is 22.3 Å². The van der Waals surface area contributed by atoms with Gasteiger partial charge in [-0.3, -0.25) is 0 Å². The Kier molecular flexibility index (Phi) is 4.05. The normalized spacial score (nSPS) is 12.7. The minimum Gasteiger partial charge on any atom is -0.342 e. The van der Waals surface area contributed by atoms with Crippen LogP contribution in [-0.2, 0) is 0 Å². The molecule has 0 radical (unpaired) electrons. The molecule has 0 bridgehead atoms. The van der Waals surface area contributed by atoms with E-state index in [9.17, 15) is 0 Å². The molecule has 19 heavy (non-hydrogen) atoms. The fourth-order valence-corrected chi connectivity index (χ4v) is 2.36. The highest BCUT2D eigenvalue weighted by Gasteiger charge is 2.11. The quantitative estimate of drug-likeness (QED) is 0.881. The van der Waals surface area contributed by atoms with Crippen LogP contribution in [0, 0.1) is 20.8 Å². The summed E-state index contributed by atoms with van der Waals surface area (Å²) in [5.74, 6) is 1.41. The van der Waals surface area contributed by atoms with Gasteiger partial charge in [0.15, 0.2) is 0 Å². The number of hydrogen-bond donors (Lipinski definition) is 2. The van der Waals surface area contributed by atoms with E-state index in [2.05, 4.69) is 49.8 Å². The summed E-state index contributed by atoms with van der Waals surface area (Å²) in [6.45, 7) is 9.29. The van der Waals surface area contributed by atoms with Crippen LogP contribution in [0.4, 0.5) is 0 Å². The number of benzene rings is 1. The summed E-state index contributed by atoms with van der Waals surface area (Å²) < 4.78 is 0. The lowest BCUT2D eigenvalue weighted by molar-refractivity contribution is 0.655. The van der Waals surface area contributed by atoms with Gasteiger partial charge in [0.25, 0.3) is 0 Å². The Morgan fingerprint density at radius 2 is 1.84 bits per heavy atom. The van der Waals surface area contributed by atoms with Gasteiger partial charge in [0, 0.05) is 11.5 Å². The van der Waals surface area contributed by atoms with E-state index in [0.717, 1.165) is 17.9 Å². The molecule has 1 aromatic carbocycles. The molecule has 3 N–H and O–H groups in total. The summed E-state index contributed by atoms with van der Waals surface area (Å²) in [6.07, 6.45) is 2.89. The summed E-state index contributed by atoms with van der Waals surface area (Å²) in [4.78, 5) is 7.93. The maximum Gasteiger partial charge on any atom is 0.109 e. The molecule has 0 aliphatic heterocycles. The van der Waals surface area contributed by atoms with Crippen molar-refractivity contribution in [3.05, 3.63) is 40.8 Å². The van der Waals surface area contributed by atoms with E-state index in [4.69, 9.17) is 5.73 Å². The van der Waals surface area contributed by atoms with E-state index < -0.39 is 0 Å². The molecule has 0 saturated carbocycles. The molecule has 0 fully saturated rings. The topological polar surface area (TPSA) is 54.7 Å². The molecule has 0 amide bonds. The first kappa shape index (κ1) is 13.8. The second-order valence-corrected chi connectivity index (χ2v) is 5.41. The zero-order valence-electron chi connectivity index (χ0n) is 12.2. The smallest absolute Gasteiger partial charge is 0.109 e. The van der Waals surface area contributed by atoms with Crippen molar-refractivity contribution in [1.82, 2.24) is 9.97 Å². The summed E-state index contributed by atoms with van der Waals surface area (Å²) in [7, 11) is 0. The van der Waals surface area contributed by atoms with Crippen LogP contribution in [0.25, 0.3) is 11.3 Å². The number of aromatic amines is 1. The lowest BCUT2D eigenvalue weighted by Crippen LogP contribution is -2.05. The van der Waals surface area contributed by atoms with Crippen molar-refractivity contribution in [3.63, 3.8) is 0 Å². The Bertz CT molecular complexity index is 569. The van der Waals surface area contributed by atoms with Gasteiger partial charge in [-0.1, -0.05) is 13.0 Å². The SMILES string of the molecule is Cc1cc(C)c(-c2cnc(C(C)CCN)[nH]2)cc1C. The highest BCUT2D eigenvalue weighted by Crippen LogP contribution is 2.26. The predicted octanol–water partition coefficient (Wildman–Crippen LogP) is 3.45. The Labute approximate surface area is 115 Å². The van der Waals surface area contributed by atoms with Gasteiger partial charge in [0.2, 0.25) is 0 Å². The standard InChI is InChI=1S/C16H23N3/c1-10(5-6-17)16-18-9-15(19-16)14-8-12(3)11(2)7-13(14)4/h7-10H,5-6,17H2,1-4H3,(H,18,19). The van der Waals surface area contributed by atoms with Crippen LogP contribution in [0.1, 0.15) is 41.8 Å². The third-order valence-corrected chi connectivity index (χ3v) is 3.79. The van der Waals surface area contributed by atoms with E-state index in [1.807, 2.05) is 6.20 Å². The van der Waals surface area contributed by atoms with Gasteiger partial charge in [-0.25, -0.2) is 4.98 Å². The molecule has 1 aromatic heterocycles. The zero-order chi connectivity index (χ0) is 14.0. The Hall–Kier alpha value is -1.61. The molecule has 1 atom stereocenters. The fraction of sp³-hybridized carbons (Fsp3) is 0.438. The number of nitrogens with zero attached hydrogens (tertiary/aromatic N) is 1. The average Bonchev–Trinajstić information content (AvgIpc) is 2.83. The lowest BCUT2D eigenvalue weighted by atomic mass is 9.99. The first-order valence-electron chi connectivity index (χ1n) is 6.86. The van der Waals surface area contributed by atoms with Crippen molar-refractivity contribution in [1.29, 1.82) is 0 Å². The van der Waals surface area contributed by atoms with Crippen LogP contribution in [-0.4, -0.2) is 16.5 Å². The molecule has 2 rings (SSSR count). The van der Waals surface area contributed by atoms with Gasteiger partial charge < -0.3 is 10.7 Å². The largest absolute Gasteiger partial charge is 0.342 e. The molecule has 102 valence electrons. The second-order valence-electron chi connectivity index (χ2n) is 5.41. The van der Waals surface area contributed by atoms with Crippen molar-refractivity contribution in [2.45, 2.75) is 40.0 Å². The van der Waals surface area contributed by atoms with E-state index in [-0.39, 0.29) is 0 Å². The van der Waals surface area contributed by atoms with Crippen LogP contribution in [0.15, 0.2) is 18.3 Å². The van der Waals surface area contributed by atoms with Gasteiger partial charge in [0.1, 0.15) is 5.82 Å². The van der Waals surface area contributed by atoms with E-state index in [0.29, 0.717) is 12.5 Å². The number of imidazole rings is 1. The Balaban J connectivity index is 2.35. The van der Waals surface area contributed by atoms with Crippen molar-refractivity contribution in [2.24, 2.45) is 5.73 Å². The van der Waals surface area contributed by atoms with Gasteiger partial charge in [0.05, 0.1) is 11.9 Å². The van der Waals surface area contributed by atoms with Crippen LogP contribution < -0.4 is 5.73 Å². The number of hydrogen-bond acceptors (Lipinski definition) is 2. The summed E-state index contributed by atoms with van der Waals surface area (Å²) in [5, 5.41) is 0. The Morgan fingerprint density at radius 3 is 2.53 bits per heavy atom. The lowest BCUT2D eigenvalue weighted by Gasteiger charge is -2.09. The maximum atomic E-state index is 5.60. The van der Waals surface area contributed by atoms with Crippen molar-refractivity contribution in [2.75, 3.05) is 6.54 Å². The van der Waals surface area contributed by atoms with E-state index in [1.54, 1.807) is 0 Å². The highest BCUT2D eigenvalue weighted by molar-refractivity contribution is 5.65. The average molecular weight is 257 g/mol. The minimum atomic E-state index is 0.380. The molecule has 2 aromatic rings. The third-order valence-electron chi connectivity index (χ3n) is 3.79. The number of H-pyrrole nitrogens is 1. The van der Waals surface area contributed by atoms with E-state index >= 15 is 0 Å². The predicted molar refractivity (Wildman–Crippen MR) is 80.3 cm³/mol. The molecule has 1 heterocycles. The summed E-state index contributed by atoms with van der Waals surface area (Å²) in [6, 6.07) is 4.46. The molecule has 0 aliphatic carbocycles. The van der Waals surface area contributed by atoms with Gasteiger partial charge >= 0.3 is 0 Å². The maximum absolute atomic E-state index is 5.60. The van der Waals surface area contributed by atoms with Gasteiger partial charge in [-0.2, -0.15) is 0 Å². The highest BCUT2D eigenvalue weighted by atomic mass is 14.9. The van der Waals surface area contributed by atoms with Crippen molar-refractivity contribution in [3.8, 4) is 11.3 Å². The number of rotatable bonds is 4. The third kappa shape index (κ3) is 2.87. The van der Waals surface area contributed by atoms with Crippen LogP contribution in [0.2, 0.25) is 0 Å². The summed E-state index contributed by atoms with van der Waals surface area (Å²) >= 11 is 0. The van der Waals surface area contributed by atoms with Crippen LogP contribution in [0.3, 0.4) is 0 Å². The second kappa shape index (κ2) is 5.57. The first-order valence-corrected chi connectivity index (χ1v) is 6.86. The first-order chi connectivity index (χ1) is 9.02. The molecule has 3 nitrogen and oxygen atoms in total. The fourth-order valence-electron chi connectivity index (χ4n) is 2.36. The molecular formula is C16H23N3. The molecule has 1 unspecified atom stereocenters. The number of aromatic nitrogens is 2. The zero-order valence-corrected chi connectivity index (χ0v) is 12.2. The molecular weight excluding hydrogens is 234 g/mol. The molecule has 0 spiro atoms. The number of aryl methyl sites for hydroxylation is 3. The monoisotopic (exact) mass is 257 g/mol. The van der Waals surface area contributed by atoms with Gasteiger partial charge in [-0.15, -0.1) is 0 Å². The van der Waals surface area contributed by atoms with Crippen molar-refractivity contribution >= 4 is 0 Å². The molecule has 0 saturated heterocycles. The van der Waals surface area contributed by atoms with Crippen LogP contribution >= 0.6 is 0 Å². The summed E-state index contributed by atoms with van der Waals surface area (Å²) in [5.41, 5.74) is 11.9. The molecule has 3 heteroatoms. The van der Waals surface area contributed by atoms with Crippen LogP contribution in [0.5, 0.6) is 0 Å². The number of nitrogens with one attached hydrogen (secondary N) is 1. The van der Waals surface area contributed by atoms with Gasteiger partial charge in [-0.05, 0) is 56.5 Å². The number of nitrogens with two attached hydrogens (primary N) is 1. The molecule has 0 aliphatic rings. The minimum absolute atomic E-state index is 0.380. The van der Waals surface area contributed by atoms with Crippen molar-refractivity contribution < 1.29 is 0 Å². The Morgan fingerprint density at radius 1 is 1.16 bits per heavy atom.